The molecule has 0 radical (unpaired) electrons. The van der Waals surface area contributed by atoms with Gasteiger partial charge in [0.15, 0.2) is 5.82 Å². The third-order valence-corrected chi connectivity index (χ3v) is 5.83. The van der Waals surface area contributed by atoms with Crippen molar-refractivity contribution in [3.63, 3.8) is 0 Å². The van der Waals surface area contributed by atoms with Crippen molar-refractivity contribution in [2.24, 2.45) is 0 Å². The number of rotatable bonds is 4. The van der Waals surface area contributed by atoms with Crippen molar-refractivity contribution in [3.05, 3.63) is 40.5 Å². The molecule has 2 aliphatic heterocycles. The van der Waals surface area contributed by atoms with Crippen LogP contribution >= 0.6 is 0 Å². The van der Waals surface area contributed by atoms with Crippen LogP contribution in [0.3, 0.4) is 0 Å². The molecule has 3 heterocycles. The summed E-state index contributed by atoms with van der Waals surface area (Å²) >= 11 is 0. The lowest BCUT2D eigenvalue weighted by Crippen LogP contribution is -2.27. The number of nitrogens with zero attached hydrogens (tertiary/aromatic N) is 4. The Morgan fingerprint density at radius 1 is 1.15 bits per heavy atom. The highest BCUT2D eigenvalue weighted by Crippen LogP contribution is 2.29. The first-order chi connectivity index (χ1) is 12.7. The Kier molecular flexibility index (Phi) is 4.96. The molecule has 1 atom stereocenters. The molecule has 1 saturated heterocycles. The molecule has 0 amide bonds. The van der Waals surface area contributed by atoms with E-state index in [0.717, 1.165) is 69.4 Å². The van der Waals surface area contributed by atoms with E-state index in [-0.39, 0.29) is 6.10 Å². The molecule has 1 unspecified atom stereocenters. The minimum Gasteiger partial charge on any atom is -0.496 e. The predicted molar refractivity (Wildman–Crippen MR) is 99.4 cm³/mol. The molecule has 1 aromatic carbocycles. The minimum atomic E-state index is 0.134. The van der Waals surface area contributed by atoms with Gasteiger partial charge >= 0.3 is 0 Å². The minimum absolute atomic E-state index is 0.134. The van der Waals surface area contributed by atoms with Crippen molar-refractivity contribution in [1.82, 2.24) is 19.7 Å². The number of aromatic nitrogens is 3. The fraction of sp³-hybridized carbons (Fsp3) is 0.600. The molecule has 1 aromatic heterocycles. The quantitative estimate of drug-likeness (QED) is 0.843. The van der Waals surface area contributed by atoms with Crippen molar-refractivity contribution in [2.75, 3.05) is 26.8 Å². The maximum absolute atomic E-state index is 5.83. The van der Waals surface area contributed by atoms with E-state index in [4.69, 9.17) is 9.47 Å². The van der Waals surface area contributed by atoms with Crippen LogP contribution in [0.4, 0.5) is 0 Å². The van der Waals surface area contributed by atoms with Crippen LogP contribution in [0.2, 0.25) is 0 Å². The standard InChI is InChI=1S/C20H28N4O2/c1-14-15(2)17(25-3)7-6-16(14)13-23-9-8-19-21-22-20(24(19)11-10-23)18-5-4-12-26-18/h6-7,18H,4-5,8-13H2,1-3H3. The molecule has 0 spiro atoms. The average Bonchev–Trinajstić information content (AvgIpc) is 3.27. The van der Waals surface area contributed by atoms with E-state index in [1.54, 1.807) is 7.11 Å². The van der Waals surface area contributed by atoms with Gasteiger partial charge in [-0.25, -0.2) is 0 Å². The third kappa shape index (κ3) is 3.23. The average molecular weight is 356 g/mol. The SMILES string of the molecule is COc1ccc(CN2CCc3nnc(C4CCCO4)n3CC2)c(C)c1C. The Labute approximate surface area is 155 Å². The van der Waals surface area contributed by atoms with Crippen LogP contribution in [-0.2, 0) is 24.2 Å². The molecule has 26 heavy (non-hydrogen) atoms. The fourth-order valence-corrected chi connectivity index (χ4v) is 4.05. The second kappa shape index (κ2) is 7.37. The van der Waals surface area contributed by atoms with E-state index in [9.17, 15) is 0 Å². The normalized spacial score (nSPS) is 20.8. The van der Waals surface area contributed by atoms with Crippen LogP contribution < -0.4 is 4.74 Å². The van der Waals surface area contributed by atoms with Gasteiger partial charge in [0, 0.05) is 39.2 Å². The molecular weight excluding hydrogens is 328 g/mol. The van der Waals surface area contributed by atoms with Crippen LogP contribution in [0.15, 0.2) is 12.1 Å². The summed E-state index contributed by atoms with van der Waals surface area (Å²) < 4.78 is 13.6. The summed E-state index contributed by atoms with van der Waals surface area (Å²) in [6.07, 6.45) is 3.25. The Morgan fingerprint density at radius 2 is 2.04 bits per heavy atom. The van der Waals surface area contributed by atoms with Gasteiger partial charge in [-0.1, -0.05) is 6.07 Å². The van der Waals surface area contributed by atoms with Gasteiger partial charge in [-0.3, -0.25) is 4.90 Å². The first kappa shape index (κ1) is 17.5. The monoisotopic (exact) mass is 356 g/mol. The molecule has 2 aromatic rings. The summed E-state index contributed by atoms with van der Waals surface area (Å²) in [5, 5.41) is 8.88. The van der Waals surface area contributed by atoms with Crippen molar-refractivity contribution in [2.45, 2.75) is 52.3 Å². The molecule has 0 saturated carbocycles. The highest BCUT2D eigenvalue weighted by atomic mass is 16.5. The highest BCUT2D eigenvalue weighted by Gasteiger charge is 2.27. The molecule has 0 aliphatic carbocycles. The molecular formula is C20H28N4O2. The summed E-state index contributed by atoms with van der Waals surface area (Å²) in [5.41, 5.74) is 3.94. The third-order valence-electron chi connectivity index (χ3n) is 5.83. The van der Waals surface area contributed by atoms with E-state index in [1.165, 1.54) is 16.7 Å². The maximum atomic E-state index is 5.83. The van der Waals surface area contributed by atoms with E-state index in [1.807, 2.05) is 0 Å². The number of methoxy groups -OCH3 is 1. The molecule has 4 rings (SSSR count). The summed E-state index contributed by atoms with van der Waals surface area (Å²) in [6, 6.07) is 4.28. The van der Waals surface area contributed by atoms with Crippen LogP contribution in [0, 0.1) is 13.8 Å². The Morgan fingerprint density at radius 3 is 2.81 bits per heavy atom. The first-order valence-corrected chi connectivity index (χ1v) is 9.56. The zero-order valence-corrected chi connectivity index (χ0v) is 16.0. The van der Waals surface area contributed by atoms with Crippen LogP contribution in [0.1, 0.15) is 47.3 Å². The van der Waals surface area contributed by atoms with E-state index < -0.39 is 0 Å². The van der Waals surface area contributed by atoms with Crippen LogP contribution in [-0.4, -0.2) is 46.5 Å². The summed E-state index contributed by atoms with van der Waals surface area (Å²) in [4.78, 5) is 2.52. The van der Waals surface area contributed by atoms with E-state index in [2.05, 4.69) is 45.6 Å². The molecule has 6 heteroatoms. The van der Waals surface area contributed by atoms with E-state index in [0.29, 0.717) is 0 Å². The lowest BCUT2D eigenvalue weighted by atomic mass is 10.0. The molecule has 140 valence electrons. The number of fused-ring (bicyclic) bond motifs is 1. The lowest BCUT2D eigenvalue weighted by molar-refractivity contribution is 0.101. The molecule has 1 fully saturated rings. The molecule has 0 bridgehead atoms. The Balaban J connectivity index is 1.47. The summed E-state index contributed by atoms with van der Waals surface area (Å²) in [7, 11) is 1.73. The molecule has 2 aliphatic rings. The fourth-order valence-electron chi connectivity index (χ4n) is 4.05. The zero-order valence-electron chi connectivity index (χ0n) is 16.0. The van der Waals surface area contributed by atoms with Gasteiger partial charge in [0.25, 0.3) is 0 Å². The van der Waals surface area contributed by atoms with Crippen LogP contribution in [0.25, 0.3) is 0 Å². The van der Waals surface area contributed by atoms with Gasteiger partial charge in [-0.15, -0.1) is 10.2 Å². The number of ether oxygens (including phenoxy) is 2. The topological polar surface area (TPSA) is 52.4 Å². The van der Waals surface area contributed by atoms with Gasteiger partial charge < -0.3 is 14.0 Å². The van der Waals surface area contributed by atoms with Gasteiger partial charge in [-0.2, -0.15) is 0 Å². The lowest BCUT2D eigenvalue weighted by Gasteiger charge is -2.22. The molecule has 0 N–H and O–H groups in total. The Hall–Kier alpha value is -1.92. The number of benzene rings is 1. The van der Waals surface area contributed by atoms with Gasteiger partial charge in [-0.05, 0) is 49.4 Å². The van der Waals surface area contributed by atoms with Crippen molar-refractivity contribution in [3.8, 4) is 5.75 Å². The number of hydrogen-bond donors (Lipinski definition) is 0. The number of hydrogen-bond acceptors (Lipinski definition) is 5. The highest BCUT2D eigenvalue weighted by molar-refractivity contribution is 5.43. The zero-order chi connectivity index (χ0) is 18.1. The van der Waals surface area contributed by atoms with Gasteiger partial charge in [0.2, 0.25) is 0 Å². The summed E-state index contributed by atoms with van der Waals surface area (Å²) in [5.74, 6) is 3.09. The van der Waals surface area contributed by atoms with Crippen molar-refractivity contribution >= 4 is 0 Å². The molecule has 6 nitrogen and oxygen atoms in total. The second-order valence-corrected chi connectivity index (χ2v) is 7.33. The smallest absolute Gasteiger partial charge is 0.162 e. The van der Waals surface area contributed by atoms with Gasteiger partial charge in [0.1, 0.15) is 17.7 Å². The Bertz CT molecular complexity index is 780. The largest absolute Gasteiger partial charge is 0.496 e. The van der Waals surface area contributed by atoms with Crippen molar-refractivity contribution in [1.29, 1.82) is 0 Å². The summed E-state index contributed by atoms with van der Waals surface area (Å²) in [6.45, 7) is 9.08. The van der Waals surface area contributed by atoms with E-state index >= 15 is 0 Å². The first-order valence-electron chi connectivity index (χ1n) is 9.56. The van der Waals surface area contributed by atoms with Gasteiger partial charge in [0.05, 0.1) is 7.11 Å². The predicted octanol–water partition coefficient (Wildman–Crippen LogP) is 2.81. The second-order valence-electron chi connectivity index (χ2n) is 7.33. The maximum Gasteiger partial charge on any atom is 0.162 e. The van der Waals surface area contributed by atoms with Crippen LogP contribution in [0.5, 0.6) is 5.75 Å². The van der Waals surface area contributed by atoms with Crippen molar-refractivity contribution < 1.29 is 9.47 Å².